The molecular formula is C8H9IN2O. The Morgan fingerprint density at radius 1 is 1.58 bits per heavy atom. The molecule has 0 unspecified atom stereocenters. The lowest BCUT2D eigenvalue weighted by Crippen LogP contribution is -2.23. The minimum Gasteiger partial charge on any atom is -0.300 e. The summed E-state index contributed by atoms with van der Waals surface area (Å²) in [6, 6.07) is 3.74. The van der Waals surface area contributed by atoms with Crippen molar-refractivity contribution in [2.75, 3.05) is 11.9 Å². The summed E-state index contributed by atoms with van der Waals surface area (Å²) in [7, 11) is 1.71. The SMILES string of the molecule is CC(=O)N(C)c1ccc(I)cn1. The quantitative estimate of drug-likeness (QED) is 0.731. The molecule has 0 aliphatic carbocycles. The average molecular weight is 276 g/mol. The molecular weight excluding hydrogens is 267 g/mol. The van der Waals surface area contributed by atoms with Crippen LogP contribution in [0.5, 0.6) is 0 Å². The minimum absolute atomic E-state index is 0.0105. The van der Waals surface area contributed by atoms with E-state index in [1.807, 2.05) is 12.1 Å². The number of hydrogen-bond donors (Lipinski definition) is 0. The zero-order valence-corrected chi connectivity index (χ0v) is 9.07. The van der Waals surface area contributed by atoms with Crippen LogP contribution in [0.2, 0.25) is 0 Å². The number of carbonyl (C=O) groups excluding carboxylic acids is 1. The van der Waals surface area contributed by atoms with E-state index in [-0.39, 0.29) is 5.91 Å². The van der Waals surface area contributed by atoms with Crippen LogP contribution in [0.25, 0.3) is 0 Å². The first-order valence-corrected chi connectivity index (χ1v) is 4.55. The summed E-state index contributed by atoms with van der Waals surface area (Å²) in [5.74, 6) is 0.673. The highest BCUT2D eigenvalue weighted by Crippen LogP contribution is 2.10. The summed E-state index contributed by atoms with van der Waals surface area (Å²) in [5.41, 5.74) is 0. The normalized spacial score (nSPS) is 9.58. The summed E-state index contributed by atoms with van der Waals surface area (Å²) >= 11 is 2.17. The van der Waals surface area contributed by atoms with Crippen LogP contribution in [0.3, 0.4) is 0 Å². The largest absolute Gasteiger partial charge is 0.300 e. The maximum atomic E-state index is 10.9. The molecule has 1 aromatic rings. The first-order valence-electron chi connectivity index (χ1n) is 3.47. The van der Waals surface area contributed by atoms with E-state index in [4.69, 9.17) is 0 Å². The van der Waals surface area contributed by atoms with E-state index in [1.54, 1.807) is 13.2 Å². The van der Waals surface area contributed by atoms with Gasteiger partial charge in [-0.2, -0.15) is 0 Å². The third-order valence-corrected chi connectivity index (χ3v) is 2.17. The van der Waals surface area contributed by atoms with Gasteiger partial charge in [0.2, 0.25) is 5.91 Å². The molecule has 0 atom stereocenters. The van der Waals surface area contributed by atoms with Crippen molar-refractivity contribution < 1.29 is 4.79 Å². The smallest absolute Gasteiger partial charge is 0.224 e. The number of nitrogens with zero attached hydrogens (tertiary/aromatic N) is 2. The van der Waals surface area contributed by atoms with Crippen LogP contribution in [0.4, 0.5) is 5.82 Å². The van der Waals surface area contributed by atoms with Crippen molar-refractivity contribution in [3.8, 4) is 0 Å². The maximum Gasteiger partial charge on any atom is 0.224 e. The summed E-state index contributed by atoms with van der Waals surface area (Å²) in [5, 5.41) is 0. The van der Waals surface area contributed by atoms with Crippen LogP contribution in [0, 0.1) is 3.57 Å². The molecule has 0 spiro atoms. The van der Waals surface area contributed by atoms with E-state index in [0.29, 0.717) is 5.82 Å². The predicted octanol–water partition coefficient (Wildman–Crippen LogP) is 1.67. The zero-order valence-electron chi connectivity index (χ0n) is 6.91. The predicted molar refractivity (Wildman–Crippen MR) is 56.0 cm³/mol. The van der Waals surface area contributed by atoms with Gasteiger partial charge in [0.1, 0.15) is 5.82 Å². The Balaban J connectivity index is 2.89. The number of pyridine rings is 1. The van der Waals surface area contributed by atoms with Crippen LogP contribution in [-0.4, -0.2) is 17.9 Å². The Bertz CT molecular complexity index is 284. The van der Waals surface area contributed by atoms with Crippen molar-refractivity contribution in [1.82, 2.24) is 4.98 Å². The van der Waals surface area contributed by atoms with E-state index in [1.165, 1.54) is 11.8 Å². The monoisotopic (exact) mass is 276 g/mol. The van der Waals surface area contributed by atoms with E-state index in [0.717, 1.165) is 3.57 Å². The van der Waals surface area contributed by atoms with Gasteiger partial charge >= 0.3 is 0 Å². The van der Waals surface area contributed by atoms with Gasteiger partial charge in [0.05, 0.1) is 0 Å². The van der Waals surface area contributed by atoms with Crippen LogP contribution >= 0.6 is 22.6 Å². The van der Waals surface area contributed by atoms with Crippen LogP contribution in [0.1, 0.15) is 6.92 Å². The van der Waals surface area contributed by atoms with Gasteiger partial charge in [-0.3, -0.25) is 4.79 Å². The van der Waals surface area contributed by atoms with Crippen molar-refractivity contribution in [1.29, 1.82) is 0 Å². The van der Waals surface area contributed by atoms with Gasteiger partial charge in [-0.15, -0.1) is 0 Å². The highest BCUT2D eigenvalue weighted by molar-refractivity contribution is 14.1. The van der Waals surface area contributed by atoms with Crippen LogP contribution < -0.4 is 4.90 Å². The topological polar surface area (TPSA) is 33.2 Å². The lowest BCUT2D eigenvalue weighted by Gasteiger charge is -2.12. The highest BCUT2D eigenvalue weighted by atomic mass is 127. The number of aromatic nitrogens is 1. The van der Waals surface area contributed by atoms with Crippen LogP contribution in [-0.2, 0) is 4.79 Å². The molecule has 3 nitrogen and oxygen atoms in total. The molecule has 0 radical (unpaired) electrons. The molecule has 1 heterocycles. The van der Waals surface area contributed by atoms with E-state index in [9.17, 15) is 4.79 Å². The number of anilines is 1. The molecule has 0 aliphatic rings. The summed E-state index contributed by atoms with van der Waals surface area (Å²) in [6.45, 7) is 1.51. The lowest BCUT2D eigenvalue weighted by molar-refractivity contribution is -0.116. The van der Waals surface area contributed by atoms with E-state index < -0.39 is 0 Å². The van der Waals surface area contributed by atoms with Gasteiger partial charge in [0.15, 0.2) is 0 Å². The number of carbonyl (C=O) groups is 1. The molecule has 0 bridgehead atoms. The minimum atomic E-state index is -0.0105. The van der Waals surface area contributed by atoms with Gasteiger partial charge < -0.3 is 4.90 Å². The maximum absolute atomic E-state index is 10.9. The molecule has 0 saturated heterocycles. The van der Waals surface area contributed by atoms with Crippen molar-refractivity contribution in [2.24, 2.45) is 0 Å². The fraction of sp³-hybridized carbons (Fsp3) is 0.250. The van der Waals surface area contributed by atoms with Crippen molar-refractivity contribution in [2.45, 2.75) is 6.92 Å². The van der Waals surface area contributed by atoms with Crippen molar-refractivity contribution in [3.05, 3.63) is 21.9 Å². The highest BCUT2D eigenvalue weighted by Gasteiger charge is 2.05. The van der Waals surface area contributed by atoms with Crippen LogP contribution in [0.15, 0.2) is 18.3 Å². The Labute approximate surface area is 84.9 Å². The molecule has 1 aromatic heterocycles. The molecule has 0 fully saturated rings. The lowest BCUT2D eigenvalue weighted by atomic mass is 10.4. The fourth-order valence-electron chi connectivity index (χ4n) is 0.728. The second-order valence-electron chi connectivity index (χ2n) is 2.41. The van der Waals surface area contributed by atoms with Gasteiger partial charge in [-0.05, 0) is 34.7 Å². The first-order chi connectivity index (χ1) is 5.61. The Morgan fingerprint density at radius 2 is 2.25 bits per heavy atom. The standard InChI is InChI=1S/C8H9IN2O/c1-6(12)11(2)8-4-3-7(9)5-10-8/h3-5H,1-2H3. The van der Waals surface area contributed by atoms with Gasteiger partial charge in [-0.25, -0.2) is 4.98 Å². The molecule has 1 rings (SSSR count). The summed E-state index contributed by atoms with van der Waals surface area (Å²) in [6.07, 6.45) is 1.73. The van der Waals surface area contributed by atoms with Gasteiger partial charge in [0, 0.05) is 23.7 Å². The molecule has 0 N–H and O–H groups in total. The second kappa shape index (κ2) is 3.84. The molecule has 0 aromatic carbocycles. The Kier molecular flexibility index (Phi) is 3.02. The third kappa shape index (κ3) is 2.17. The molecule has 4 heteroatoms. The number of halogens is 1. The Morgan fingerprint density at radius 3 is 2.67 bits per heavy atom. The van der Waals surface area contributed by atoms with Crippen molar-refractivity contribution in [3.63, 3.8) is 0 Å². The van der Waals surface area contributed by atoms with E-state index in [2.05, 4.69) is 27.6 Å². The third-order valence-electron chi connectivity index (χ3n) is 1.53. The molecule has 64 valence electrons. The van der Waals surface area contributed by atoms with Gasteiger partial charge in [0.25, 0.3) is 0 Å². The molecule has 12 heavy (non-hydrogen) atoms. The fourth-order valence-corrected chi connectivity index (χ4v) is 1.05. The average Bonchev–Trinajstić information content (AvgIpc) is 2.04. The summed E-state index contributed by atoms with van der Waals surface area (Å²) in [4.78, 5) is 16.5. The Hall–Kier alpha value is -0.650. The number of hydrogen-bond acceptors (Lipinski definition) is 2. The van der Waals surface area contributed by atoms with Crippen molar-refractivity contribution >= 4 is 34.3 Å². The zero-order chi connectivity index (χ0) is 9.14. The molecule has 1 amide bonds. The second-order valence-corrected chi connectivity index (χ2v) is 3.66. The first kappa shape index (κ1) is 9.44. The molecule has 0 aliphatic heterocycles. The summed E-state index contributed by atoms with van der Waals surface area (Å²) < 4.78 is 1.06. The van der Waals surface area contributed by atoms with Gasteiger partial charge in [-0.1, -0.05) is 0 Å². The van der Waals surface area contributed by atoms with E-state index >= 15 is 0 Å². The number of rotatable bonds is 1. The molecule has 0 saturated carbocycles. The number of amides is 1.